The highest BCUT2D eigenvalue weighted by molar-refractivity contribution is 5.00. The van der Waals surface area contributed by atoms with Gasteiger partial charge in [-0.1, -0.05) is 0 Å². The highest BCUT2D eigenvalue weighted by Crippen LogP contribution is 1.93. The summed E-state index contributed by atoms with van der Waals surface area (Å²) in [5.74, 6) is 0. The fourth-order valence-corrected chi connectivity index (χ4v) is 1.42. The summed E-state index contributed by atoms with van der Waals surface area (Å²) in [5.41, 5.74) is 1.75. The molecule has 0 radical (unpaired) electrons. The Morgan fingerprint density at radius 1 is 1.26 bits per heavy atom. The van der Waals surface area contributed by atoms with Gasteiger partial charge in [0.1, 0.15) is 0 Å². The fourth-order valence-electron chi connectivity index (χ4n) is 1.42. The van der Waals surface area contributed by atoms with Crippen molar-refractivity contribution in [3.8, 4) is 0 Å². The molecule has 108 valence electrons. The molecule has 1 rings (SSSR count). The molecule has 19 heavy (non-hydrogen) atoms. The second-order valence-corrected chi connectivity index (χ2v) is 4.21. The maximum Gasteiger partial charge on any atom is 0.0897 e. The van der Waals surface area contributed by atoms with Crippen LogP contribution in [0.2, 0.25) is 0 Å². The summed E-state index contributed by atoms with van der Waals surface area (Å²) in [5, 5.41) is 12.8. The van der Waals surface area contributed by atoms with Crippen LogP contribution in [-0.2, 0) is 16.0 Å². The van der Waals surface area contributed by atoms with Crippen LogP contribution in [0.15, 0.2) is 12.4 Å². The van der Waals surface area contributed by atoms with E-state index >= 15 is 0 Å². The number of aromatic nitrogens is 2. The molecular weight excluding hydrogens is 246 g/mol. The number of nitrogens with zero attached hydrogens (tertiary/aromatic N) is 2. The summed E-state index contributed by atoms with van der Waals surface area (Å²) in [7, 11) is 0. The van der Waals surface area contributed by atoms with Crippen LogP contribution in [-0.4, -0.2) is 54.2 Å². The molecule has 0 aliphatic carbocycles. The average Bonchev–Trinajstić information content (AvgIpc) is 2.41. The number of aliphatic hydroxyl groups excluding tert-OH is 1. The maximum atomic E-state index is 9.66. The minimum Gasteiger partial charge on any atom is -0.389 e. The Morgan fingerprint density at radius 3 is 2.74 bits per heavy atom. The number of nitrogens with one attached hydrogen (secondary N) is 1. The van der Waals surface area contributed by atoms with Gasteiger partial charge in [-0.15, -0.1) is 0 Å². The molecule has 1 unspecified atom stereocenters. The molecule has 6 heteroatoms. The van der Waals surface area contributed by atoms with Gasteiger partial charge in [-0.3, -0.25) is 9.97 Å². The van der Waals surface area contributed by atoms with E-state index in [-0.39, 0.29) is 0 Å². The number of rotatable bonds is 10. The molecule has 1 heterocycles. The summed E-state index contributed by atoms with van der Waals surface area (Å²) in [4.78, 5) is 8.37. The zero-order valence-electron chi connectivity index (χ0n) is 11.6. The van der Waals surface area contributed by atoms with Crippen molar-refractivity contribution in [3.63, 3.8) is 0 Å². The standard InChI is InChI=1S/C13H23N3O3/c1-3-18-4-5-19-10-13(17)9-14-7-12-8-15-11(2)6-16-12/h6,8,13-14,17H,3-5,7,9-10H2,1-2H3. The molecule has 0 aromatic carbocycles. The van der Waals surface area contributed by atoms with Crippen molar-refractivity contribution in [2.75, 3.05) is 33.0 Å². The molecule has 0 aliphatic heterocycles. The number of aliphatic hydroxyl groups is 1. The van der Waals surface area contributed by atoms with E-state index in [1.54, 1.807) is 12.4 Å². The van der Waals surface area contributed by atoms with E-state index < -0.39 is 6.10 Å². The van der Waals surface area contributed by atoms with Crippen LogP contribution in [0.5, 0.6) is 0 Å². The number of hydrogen-bond donors (Lipinski definition) is 2. The molecular formula is C13H23N3O3. The highest BCUT2D eigenvalue weighted by Gasteiger charge is 2.04. The van der Waals surface area contributed by atoms with Gasteiger partial charge in [-0.05, 0) is 13.8 Å². The van der Waals surface area contributed by atoms with Crippen molar-refractivity contribution in [1.82, 2.24) is 15.3 Å². The van der Waals surface area contributed by atoms with Crippen molar-refractivity contribution in [2.45, 2.75) is 26.5 Å². The maximum absolute atomic E-state index is 9.66. The van der Waals surface area contributed by atoms with Crippen molar-refractivity contribution in [1.29, 1.82) is 0 Å². The summed E-state index contributed by atoms with van der Waals surface area (Å²) >= 11 is 0. The van der Waals surface area contributed by atoms with Gasteiger partial charge >= 0.3 is 0 Å². The molecule has 2 N–H and O–H groups in total. The summed E-state index contributed by atoms with van der Waals surface area (Å²) in [6.45, 7) is 6.95. The Hall–Kier alpha value is -1.08. The van der Waals surface area contributed by atoms with Gasteiger partial charge in [0.25, 0.3) is 0 Å². The minimum absolute atomic E-state index is 0.305. The van der Waals surface area contributed by atoms with E-state index in [2.05, 4.69) is 15.3 Å². The topological polar surface area (TPSA) is 76.5 Å². The van der Waals surface area contributed by atoms with E-state index in [4.69, 9.17) is 9.47 Å². The number of aryl methyl sites for hydroxylation is 1. The third-order valence-electron chi connectivity index (χ3n) is 2.41. The number of ether oxygens (including phenoxy) is 2. The zero-order valence-corrected chi connectivity index (χ0v) is 11.6. The lowest BCUT2D eigenvalue weighted by atomic mass is 10.3. The first-order chi connectivity index (χ1) is 9.22. The van der Waals surface area contributed by atoms with Gasteiger partial charge in [0.05, 0.1) is 37.3 Å². The predicted octanol–water partition coefficient (Wildman–Crippen LogP) is 0.289. The van der Waals surface area contributed by atoms with Gasteiger partial charge in [0.15, 0.2) is 0 Å². The molecule has 1 aromatic heterocycles. The summed E-state index contributed by atoms with van der Waals surface area (Å²) < 4.78 is 10.4. The molecule has 0 saturated carbocycles. The predicted molar refractivity (Wildman–Crippen MR) is 71.8 cm³/mol. The monoisotopic (exact) mass is 269 g/mol. The minimum atomic E-state index is -0.528. The molecule has 1 atom stereocenters. The summed E-state index contributed by atoms with van der Waals surface area (Å²) in [6, 6.07) is 0. The van der Waals surface area contributed by atoms with Gasteiger partial charge in [-0.25, -0.2) is 0 Å². The molecule has 0 fully saturated rings. The second-order valence-electron chi connectivity index (χ2n) is 4.21. The van der Waals surface area contributed by atoms with E-state index in [9.17, 15) is 5.11 Å². The largest absolute Gasteiger partial charge is 0.389 e. The first-order valence-electron chi connectivity index (χ1n) is 6.54. The Morgan fingerprint density at radius 2 is 2.05 bits per heavy atom. The average molecular weight is 269 g/mol. The van der Waals surface area contributed by atoms with Gasteiger partial charge in [0, 0.05) is 32.1 Å². The Bertz CT molecular complexity index is 332. The molecule has 0 aliphatic rings. The Balaban J connectivity index is 2.03. The lowest BCUT2D eigenvalue weighted by Gasteiger charge is -2.12. The van der Waals surface area contributed by atoms with Gasteiger partial charge in [-0.2, -0.15) is 0 Å². The Labute approximate surface area is 114 Å². The van der Waals surface area contributed by atoms with Crippen LogP contribution < -0.4 is 5.32 Å². The third kappa shape index (κ3) is 7.84. The van der Waals surface area contributed by atoms with Crippen LogP contribution >= 0.6 is 0 Å². The lowest BCUT2D eigenvalue weighted by molar-refractivity contribution is 0.00640. The highest BCUT2D eigenvalue weighted by atomic mass is 16.5. The van der Waals surface area contributed by atoms with Crippen LogP contribution in [0.3, 0.4) is 0 Å². The smallest absolute Gasteiger partial charge is 0.0897 e. The first kappa shape index (κ1) is 16.0. The third-order valence-corrected chi connectivity index (χ3v) is 2.41. The van der Waals surface area contributed by atoms with Crippen LogP contribution in [0, 0.1) is 6.92 Å². The summed E-state index contributed by atoms with van der Waals surface area (Å²) in [6.07, 6.45) is 2.93. The van der Waals surface area contributed by atoms with E-state index in [1.165, 1.54) is 0 Å². The normalized spacial score (nSPS) is 12.6. The first-order valence-corrected chi connectivity index (χ1v) is 6.54. The molecule has 0 spiro atoms. The molecule has 0 amide bonds. The van der Waals surface area contributed by atoms with Crippen LogP contribution in [0.1, 0.15) is 18.3 Å². The fraction of sp³-hybridized carbons (Fsp3) is 0.692. The Kier molecular flexibility index (Phi) is 8.24. The quantitative estimate of drug-likeness (QED) is 0.595. The van der Waals surface area contributed by atoms with Crippen molar-refractivity contribution >= 4 is 0 Å². The SMILES string of the molecule is CCOCCOCC(O)CNCc1cnc(C)cn1. The van der Waals surface area contributed by atoms with E-state index in [1.807, 2.05) is 13.8 Å². The second kappa shape index (κ2) is 9.80. The van der Waals surface area contributed by atoms with Gasteiger partial charge in [0.2, 0.25) is 0 Å². The van der Waals surface area contributed by atoms with E-state index in [0.717, 1.165) is 11.4 Å². The van der Waals surface area contributed by atoms with Crippen molar-refractivity contribution in [2.24, 2.45) is 0 Å². The van der Waals surface area contributed by atoms with Gasteiger partial charge < -0.3 is 19.9 Å². The molecule has 0 bridgehead atoms. The van der Waals surface area contributed by atoms with Crippen molar-refractivity contribution in [3.05, 3.63) is 23.8 Å². The van der Waals surface area contributed by atoms with Crippen molar-refractivity contribution < 1.29 is 14.6 Å². The van der Waals surface area contributed by atoms with Crippen LogP contribution in [0.25, 0.3) is 0 Å². The zero-order chi connectivity index (χ0) is 13.9. The molecule has 0 saturated heterocycles. The molecule has 1 aromatic rings. The lowest BCUT2D eigenvalue weighted by Crippen LogP contribution is -2.30. The van der Waals surface area contributed by atoms with Crippen LogP contribution in [0.4, 0.5) is 0 Å². The van der Waals surface area contributed by atoms with E-state index in [0.29, 0.717) is 39.5 Å². The molecule has 6 nitrogen and oxygen atoms in total. The number of hydrogen-bond acceptors (Lipinski definition) is 6.